The lowest BCUT2D eigenvalue weighted by atomic mass is 10.2. The summed E-state index contributed by atoms with van der Waals surface area (Å²) in [5, 5.41) is 2.87. The first-order valence-corrected chi connectivity index (χ1v) is 5.20. The molecule has 1 aromatic rings. The van der Waals surface area contributed by atoms with Crippen LogP contribution in [0.15, 0.2) is 24.3 Å². The van der Waals surface area contributed by atoms with Gasteiger partial charge in [0.2, 0.25) is 5.91 Å². The van der Waals surface area contributed by atoms with Crippen LogP contribution in [-0.2, 0) is 4.79 Å². The molecule has 0 aromatic heterocycles. The quantitative estimate of drug-likeness (QED) is 0.876. The van der Waals surface area contributed by atoms with Crippen LogP contribution in [0.3, 0.4) is 0 Å². The minimum atomic E-state index is 0. The lowest BCUT2D eigenvalue weighted by Gasteiger charge is -2.21. The van der Waals surface area contributed by atoms with E-state index in [2.05, 4.69) is 5.32 Å². The summed E-state index contributed by atoms with van der Waals surface area (Å²) in [6.45, 7) is 5.09. The topological polar surface area (TPSA) is 32.3 Å². The van der Waals surface area contributed by atoms with Crippen LogP contribution in [-0.4, -0.2) is 26.0 Å². The molecule has 0 aliphatic heterocycles. The predicted octanol–water partition coefficient (Wildman–Crippen LogP) is 1.99. The van der Waals surface area contributed by atoms with Crippen molar-refractivity contribution in [2.24, 2.45) is 0 Å². The second-order valence-corrected chi connectivity index (χ2v) is 3.50. The number of hydrogen-bond acceptors (Lipinski definition) is 2. The van der Waals surface area contributed by atoms with E-state index in [1.807, 2.05) is 38.1 Å². The van der Waals surface area contributed by atoms with Crippen molar-refractivity contribution in [1.29, 1.82) is 0 Å². The molecule has 4 heteroatoms. The number of anilines is 1. The number of amides is 1. The molecule has 1 aromatic carbocycles. The summed E-state index contributed by atoms with van der Waals surface area (Å²) in [6, 6.07) is 7.99. The maximum Gasteiger partial charge on any atom is 0.240 e. The molecule has 0 heterocycles. The fourth-order valence-electron chi connectivity index (χ4n) is 1.47. The molecule has 0 fully saturated rings. The fraction of sp³-hybridized carbons (Fsp3) is 0.417. The fourth-order valence-corrected chi connectivity index (χ4v) is 1.47. The van der Waals surface area contributed by atoms with Gasteiger partial charge in [-0.2, -0.15) is 0 Å². The first-order chi connectivity index (χ1) is 7.19. The molecule has 1 amide bonds. The minimum Gasteiger partial charge on any atom is -0.312 e. The number of carbonyl (C=O) groups is 1. The van der Waals surface area contributed by atoms with Crippen molar-refractivity contribution in [2.45, 2.75) is 13.8 Å². The molecule has 0 atom stereocenters. The van der Waals surface area contributed by atoms with E-state index in [1.54, 1.807) is 11.9 Å². The summed E-state index contributed by atoms with van der Waals surface area (Å²) in [6.07, 6.45) is 0. The molecule has 3 nitrogen and oxygen atoms in total. The molecule has 0 unspecified atom stereocenters. The van der Waals surface area contributed by atoms with E-state index >= 15 is 0 Å². The lowest BCUT2D eigenvalue weighted by Crippen LogP contribution is -2.37. The van der Waals surface area contributed by atoms with E-state index in [4.69, 9.17) is 0 Å². The van der Waals surface area contributed by atoms with Gasteiger partial charge in [-0.1, -0.05) is 17.7 Å². The number of benzene rings is 1. The van der Waals surface area contributed by atoms with Gasteiger partial charge >= 0.3 is 0 Å². The first-order valence-electron chi connectivity index (χ1n) is 5.20. The van der Waals surface area contributed by atoms with E-state index in [9.17, 15) is 4.79 Å². The number of carbonyl (C=O) groups excluding carboxylic acids is 1. The number of aryl methyl sites for hydroxylation is 1. The summed E-state index contributed by atoms with van der Waals surface area (Å²) in [5.74, 6) is 0.101. The predicted molar refractivity (Wildman–Crippen MR) is 70.4 cm³/mol. The Morgan fingerprint density at radius 1 is 1.31 bits per heavy atom. The van der Waals surface area contributed by atoms with Crippen LogP contribution in [0.25, 0.3) is 0 Å². The summed E-state index contributed by atoms with van der Waals surface area (Å²) in [7, 11) is 1.78. The Balaban J connectivity index is 0.00000225. The Kier molecular flexibility index (Phi) is 6.77. The Bertz CT molecular complexity index is 324. The van der Waals surface area contributed by atoms with Gasteiger partial charge in [-0.3, -0.25) is 4.79 Å². The van der Waals surface area contributed by atoms with Crippen molar-refractivity contribution < 1.29 is 4.79 Å². The molecule has 1 N–H and O–H groups in total. The average molecular weight is 243 g/mol. The zero-order chi connectivity index (χ0) is 11.3. The average Bonchev–Trinajstić information content (AvgIpc) is 2.22. The van der Waals surface area contributed by atoms with E-state index in [-0.39, 0.29) is 18.3 Å². The van der Waals surface area contributed by atoms with Crippen molar-refractivity contribution >= 4 is 24.0 Å². The number of nitrogens with zero attached hydrogens (tertiary/aromatic N) is 1. The third kappa shape index (κ3) is 3.83. The van der Waals surface area contributed by atoms with Crippen LogP contribution in [0.2, 0.25) is 0 Å². The number of halogens is 1. The number of rotatable bonds is 4. The SMILES string of the molecule is CCN(C(=O)CNC)c1ccc(C)cc1.Cl. The number of hydrogen-bond donors (Lipinski definition) is 1. The third-order valence-corrected chi connectivity index (χ3v) is 2.29. The Morgan fingerprint density at radius 2 is 1.88 bits per heavy atom. The minimum absolute atomic E-state index is 0. The highest BCUT2D eigenvalue weighted by atomic mass is 35.5. The highest BCUT2D eigenvalue weighted by molar-refractivity contribution is 5.94. The van der Waals surface area contributed by atoms with Crippen LogP contribution in [0, 0.1) is 6.92 Å². The molecule has 0 spiro atoms. The van der Waals surface area contributed by atoms with Crippen molar-refractivity contribution in [3.63, 3.8) is 0 Å². The maximum absolute atomic E-state index is 11.7. The van der Waals surface area contributed by atoms with E-state index < -0.39 is 0 Å². The van der Waals surface area contributed by atoms with Crippen LogP contribution >= 0.6 is 12.4 Å². The van der Waals surface area contributed by atoms with Crippen molar-refractivity contribution in [3.05, 3.63) is 29.8 Å². The highest BCUT2D eigenvalue weighted by Crippen LogP contribution is 2.14. The van der Waals surface area contributed by atoms with Gasteiger partial charge in [-0.25, -0.2) is 0 Å². The standard InChI is InChI=1S/C12H18N2O.ClH/c1-4-14(12(15)9-13-3)11-7-5-10(2)6-8-11;/h5-8,13H,4,9H2,1-3H3;1H. The van der Waals surface area contributed by atoms with Crippen molar-refractivity contribution in [1.82, 2.24) is 5.32 Å². The molecule has 0 radical (unpaired) electrons. The molecule has 0 aliphatic rings. The van der Waals surface area contributed by atoms with Crippen LogP contribution in [0.1, 0.15) is 12.5 Å². The molecule has 0 saturated carbocycles. The second-order valence-electron chi connectivity index (χ2n) is 3.50. The van der Waals surface area contributed by atoms with Crippen LogP contribution < -0.4 is 10.2 Å². The molecule has 0 saturated heterocycles. The van der Waals surface area contributed by atoms with Gasteiger partial charge in [-0.15, -0.1) is 12.4 Å². The first kappa shape index (κ1) is 14.9. The summed E-state index contributed by atoms with van der Waals surface area (Å²) in [5.41, 5.74) is 2.17. The van der Waals surface area contributed by atoms with Crippen LogP contribution in [0.4, 0.5) is 5.69 Å². The van der Waals surface area contributed by atoms with Gasteiger partial charge in [0.15, 0.2) is 0 Å². The largest absolute Gasteiger partial charge is 0.312 e. The lowest BCUT2D eigenvalue weighted by molar-refractivity contribution is -0.117. The van der Waals surface area contributed by atoms with Gasteiger partial charge in [0, 0.05) is 12.2 Å². The number of likely N-dealkylation sites (N-methyl/N-ethyl adjacent to an activating group) is 2. The molecule has 0 aliphatic carbocycles. The van der Waals surface area contributed by atoms with Gasteiger partial charge in [-0.05, 0) is 33.0 Å². The third-order valence-electron chi connectivity index (χ3n) is 2.29. The molecule has 1 rings (SSSR count). The monoisotopic (exact) mass is 242 g/mol. The maximum atomic E-state index is 11.7. The highest BCUT2D eigenvalue weighted by Gasteiger charge is 2.11. The summed E-state index contributed by atoms with van der Waals surface area (Å²) in [4.78, 5) is 13.5. The zero-order valence-electron chi connectivity index (χ0n) is 9.99. The zero-order valence-corrected chi connectivity index (χ0v) is 10.8. The van der Waals surface area contributed by atoms with Gasteiger partial charge in [0.25, 0.3) is 0 Å². The smallest absolute Gasteiger partial charge is 0.240 e. The van der Waals surface area contributed by atoms with Crippen LogP contribution in [0.5, 0.6) is 0 Å². The summed E-state index contributed by atoms with van der Waals surface area (Å²) >= 11 is 0. The molecular weight excluding hydrogens is 224 g/mol. The number of nitrogens with one attached hydrogen (secondary N) is 1. The molecular formula is C12H19ClN2O. The van der Waals surface area contributed by atoms with E-state index in [0.29, 0.717) is 13.1 Å². The summed E-state index contributed by atoms with van der Waals surface area (Å²) < 4.78 is 0. The van der Waals surface area contributed by atoms with Gasteiger partial charge < -0.3 is 10.2 Å². The Hall–Kier alpha value is -1.06. The molecule has 90 valence electrons. The van der Waals surface area contributed by atoms with E-state index in [0.717, 1.165) is 5.69 Å². The normalized spacial score (nSPS) is 9.44. The Labute approximate surface area is 103 Å². The second kappa shape index (κ2) is 7.25. The van der Waals surface area contributed by atoms with E-state index in [1.165, 1.54) is 5.56 Å². The van der Waals surface area contributed by atoms with Crippen molar-refractivity contribution in [3.8, 4) is 0 Å². The Morgan fingerprint density at radius 3 is 2.31 bits per heavy atom. The molecule has 0 bridgehead atoms. The van der Waals surface area contributed by atoms with Gasteiger partial charge in [0.1, 0.15) is 0 Å². The van der Waals surface area contributed by atoms with Crippen molar-refractivity contribution in [2.75, 3.05) is 25.0 Å². The molecule has 16 heavy (non-hydrogen) atoms. The van der Waals surface area contributed by atoms with Gasteiger partial charge in [0.05, 0.1) is 6.54 Å².